The highest BCUT2D eigenvalue weighted by molar-refractivity contribution is 7.19. The number of rotatable bonds is 6. The molecule has 0 aliphatic heterocycles. The first-order valence-corrected chi connectivity index (χ1v) is 11.4. The molecule has 4 aromatic rings. The maximum atomic E-state index is 13.8. The Bertz CT molecular complexity index is 1400. The fourth-order valence-corrected chi connectivity index (χ4v) is 5.74. The molecule has 3 aromatic carbocycles. The van der Waals surface area contributed by atoms with Crippen molar-refractivity contribution in [2.45, 2.75) is 25.2 Å². The van der Waals surface area contributed by atoms with Crippen LogP contribution in [0.3, 0.4) is 0 Å². The molecule has 1 saturated carbocycles. The van der Waals surface area contributed by atoms with E-state index in [2.05, 4.69) is 0 Å². The molecule has 0 unspecified atom stereocenters. The molecule has 33 heavy (non-hydrogen) atoms. The molecular formula is C27H21FO4S. The van der Waals surface area contributed by atoms with Crippen molar-refractivity contribution < 1.29 is 24.1 Å². The van der Waals surface area contributed by atoms with Gasteiger partial charge < -0.3 is 14.9 Å². The van der Waals surface area contributed by atoms with Crippen LogP contribution >= 0.6 is 11.3 Å². The van der Waals surface area contributed by atoms with Crippen molar-refractivity contribution in [1.29, 1.82) is 0 Å². The standard InChI is InChI=1S/C27H21FO4S/c1-16-14-18(28)5-10-22(16)27(12-13-27)26-25(21-9-6-19(29)15-23(21)33-26)32-20-7-2-17(3-8-20)4-11-24(30)31/h2-11,14-15,29H,12-13H2,1H3,(H,30,31). The molecule has 0 bridgehead atoms. The SMILES string of the molecule is Cc1cc(F)ccc1C1(c2sc3cc(O)ccc3c2Oc2ccc(C=CC(=O)O)cc2)CC1. The highest BCUT2D eigenvalue weighted by Crippen LogP contribution is 2.61. The minimum atomic E-state index is -1.00. The number of aliphatic carboxylic acids is 1. The number of carbonyl (C=O) groups is 1. The van der Waals surface area contributed by atoms with Crippen molar-refractivity contribution in [2.75, 3.05) is 0 Å². The number of carboxylic acids is 1. The van der Waals surface area contributed by atoms with E-state index in [0.717, 1.165) is 56.3 Å². The Balaban J connectivity index is 1.59. The Hall–Kier alpha value is -3.64. The van der Waals surface area contributed by atoms with Crippen LogP contribution in [0.5, 0.6) is 17.2 Å². The average molecular weight is 461 g/mol. The summed E-state index contributed by atoms with van der Waals surface area (Å²) < 4.78 is 21.1. The smallest absolute Gasteiger partial charge is 0.328 e. The second-order valence-corrected chi connectivity index (χ2v) is 9.38. The maximum absolute atomic E-state index is 13.8. The van der Waals surface area contributed by atoms with E-state index in [1.807, 2.05) is 19.1 Å². The van der Waals surface area contributed by atoms with Gasteiger partial charge in [-0.3, -0.25) is 0 Å². The topological polar surface area (TPSA) is 66.8 Å². The first-order chi connectivity index (χ1) is 15.9. The number of ether oxygens (including phenoxy) is 1. The van der Waals surface area contributed by atoms with E-state index in [1.165, 1.54) is 12.1 Å². The zero-order chi connectivity index (χ0) is 23.2. The van der Waals surface area contributed by atoms with Crippen LogP contribution in [-0.4, -0.2) is 16.2 Å². The predicted octanol–water partition coefficient (Wildman–Crippen LogP) is 7.02. The van der Waals surface area contributed by atoms with E-state index in [0.29, 0.717) is 5.75 Å². The number of hydrogen-bond acceptors (Lipinski definition) is 4. The van der Waals surface area contributed by atoms with Crippen molar-refractivity contribution in [3.05, 3.63) is 94.1 Å². The summed E-state index contributed by atoms with van der Waals surface area (Å²) in [4.78, 5) is 11.8. The van der Waals surface area contributed by atoms with Gasteiger partial charge in [0.05, 0.1) is 4.88 Å². The lowest BCUT2D eigenvalue weighted by Crippen LogP contribution is -2.10. The van der Waals surface area contributed by atoms with Crippen LogP contribution in [0.1, 0.15) is 34.4 Å². The number of phenolic OH excluding ortho intramolecular Hbond substituents is 1. The third-order valence-corrected chi connectivity index (χ3v) is 7.37. The zero-order valence-corrected chi connectivity index (χ0v) is 18.7. The Morgan fingerprint density at radius 3 is 2.52 bits per heavy atom. The molecule has 1 fully saturated rings. The molecule has 1 heterocycles. The molecular weight excluding hydrogens is 439 g/mol. The maximum Gasteiger partial charge on any atom is 0.328 e. The summed E-state index contributed by atoms with van der Waals surface area (Å²) in [6, 6.07) is 17.4. The lowest BCUT2D eigenvalue weighted by molar-refractivity contribution is -0.131. The molecule has 0 atom stereocenters. The van der Waals surface area contributed by atoms with Crippen molar-refractivity contribution in [2.24, 2.45) is 0 Å². The second kappa shape index (κ2) is 8.05. The van der Waals surface area contributed by atoms with Gasteiger partial charge in [0.2, 0.25) is 0 Å². The molecule has 0 radical (unpaired) electrons. The number of halogens is 1. The minimum absolute atomic E-state index is 0.194. The molecule has 1 aliphatic rings. The normalized spacial score (nSPS) is 14.6. The second-order valence-electron chi connectivity index (χ2n) is 8.32. The number of hydrogen-bond donors (Lipinski definition) is 2. The summed E-state index contributed by atoms with van der Waals surface area (Å²) in [6.07, 6.45) is 4.49. The zero-order valence-electron chi connectivity index (χ0n) is 17.8. The summed E-state index contributed by atoms with van der Waals surface area (Å²) in [5.41, 5.74) is 2.52. The van der Waals surface area contributed by atoms with E-state index in [9.17, 15) is 14.3 Å². The monoisotopic (exact) mass is 460 g/mol. The summed E-state index contributed by atoms with van der Waals surface area (Å²) in [5.74, 6) is 0.313. The van der Waals surface area contributed by atoms with E-state index >= 15 is 0 Å². The van der Waals surface area contributed by atoms with Gasteiger partial charge in [-0.05, 0) is 85.0 Å². The molecule has 4 nitrogen and oxygen atoms in total. The van der Waals surface area contributed by atoms with Crippen molar-refractivity contribution >= 4 is 33.5 Å². The van der Waals surface area contributed by atoms with Gasteiger partial charge in [0.1, 0.15) is 23.1 Å². The van der Waals surface area contributed by atoms with Crippen LogP contribution < -0.4 is 4.74 Å². The van der Waals surface area contributed by atoms with Gasteiger partial charge in [0, 0.05) is 21.6 Å². The fourth-order valence-electron chi connectivity index (χ4n) is 4.32. The first kappa shape index (κ1) is 21.2. The van der Waals surface area contributed by atoms with Gasteiger partial charge in [-0.15, -0.1) is 11.3 Å². The Kier molecular flexibility index (Phi) is 5.17. The molecule has 1 aliphatic carbocycles. The van der Waals surface area contributed by atoms with E-state index in [4.69, 9.17) is 9.84 Å². The highest BCUT2D eigenvalue weighted by Gasteiger charge is 2.50. The van der Waals surface area contributed by atoms with Crippen molar-refractivity contribution in [3.8, 4) is 17.2 Å². The minimum Gasteiger partial charge on any atom is -0.508 e. The number of carboxylic acid groups (broad SMARTS) is 1. The Morgan fingerprint density at radius 2 is 1.85 bits per heavy atom. The van der Waals surface area contributed by atoms with Crippen LogP contribution in [0, 0.1) is 12.7 Å². The van der Waals surface area contributed by atoms with E-state index in [-0.39, 0.29) is 17.0 Å². The number of phenols is 1. The highest BCUT2D eigenvalue weighted by atomic mass is 32.1. The largest absolute Gasteiger partial charge is 0.508 e. The molecule has 0 saturated heterocycles. The van der Waals surface area contributed by atoms with Gasteiger partial charge in [-0.1, -0.05) is 18.2 Å². The molecule has 0 spiro atoms. The molecule has 2 N–H and O–H groups in total. The third-order valence-electron chi connectivity index (χ3n) is 6.04. The van der Waals surface area contributed by atoms with Crippen LogP contribution in [0.15, 0.2) is 66.7 Å². The molecule has 0 amide bonds. The number of aryl methyl sites for hydroxylation is 1. The number of aromatic hydroxyl groups is 1. The fraction of sp³-hybridized carbons (Fsp3) is 0.148. The molecule has 166 valence electrons. The van der Waals surface area contributed by atoms with Gasteiger partial charge >= 0.3 is 5.97 Å². The van der Waals surface area contributed by atoms with E-state index in [1.54, 1.807) is 53.8 Å². The summed E-state index contributed by atoms with van der Waals surface area (Å²) in [5, 5.41) is 19.8. The van der Waals surface area contributed by atoms with Crippen LogP contribution in [0.25, 0.3) is 16.2 Å². The lowest BCUT2D eigenvalue weighted by Gasteiger charge is -2.19. The van der Waals surface area contributed by atoms with Gasteiger partial charge in [0.15, 0.2) is 0 Å². The van der Waals surface area contributed by atoms with Gasteiger partial charge in [-0.2, -0.15) is 0 Å². The van der Waals surface area contributed by atoms with Gasteiger partial charge in [-0.25, -0.2) is 9.18 Å². The third kappa shape index (κ3) is 3.98. The quantitative estimate of drug-likeness (QED) is 0.303. The van der Waals surface area contributed by atoms with Crippen LogP contribution in [0.2, 0.25) is 0 Å². The van der Waals surface area contributed by atoms with Crippen molar-refractivity contribution in [3.63, 3.8) is 0 Å². The van der Waals surface area contributed by atoms with Crippen molar-refractivity contribution in [1.82, 2.24) is 0 Å². The summed E-state index contributed by atoms with van der Waals surface area (Å²) in [6.45, 7) is 1.93. The van der Waals surface area contributed by atoms with Gasteiger partial charge in [0.25, 0.3) is 0 Å². The average Bonchev–Trinajstić information content (AvgIpc) is 3.50. The summed E-state index contributed by atoms with van der Waals surface area (Å²) >= 11 is 1.59. The number of thiophene rings is 1. The first-order valence-electron chi connectivity index (χ1n) is 10.6. The molecule has 1 aromatic heterocycles. The molecule has 5 rings (SSSR count). The Morgan fingerprint density at radius 1 is 1.09 bits per heavy atom. The Labute approximate surface area is 194 Å². The number of benzene rings is 3. The van der Waals surface area contributed by atoms with Crippen LogP contribution in [-0.2, 0) is 10.2 Å². The molecule has 6 heteroatoms. The summed E-state index contributed by atoms with van der Waals surface area (Å²) in [7, 11) is 0. The number of fused-ring (bicyclic) bond motifs is 1. The predicted molar refractivity (Wildman–Crippen MR) is 128 cm³/mol. The lowest BCUT2D eigenvalue weighted by atomic mass is 9.89. The van der Waals surface area contributed by atoms with E-state index < -0.39 is 5.97 Å². The van der Waals surface area contributed by atoms with Crippen LogP contribution in [0.4, 0.5) is 4.39 Å².